The van der Waals surface area contributed by atoms with E-state index < -0.39 is 17.2 Å². The molecule has 25 heavy (non-hydrogen) atoms. The summed E-state index contributed by atoms with van der Waals surface area (Å²) in [6, 6.07) is 8.27. The van der Waals surface area contributed by atoms with E-state index in [9.17, 15) is 18.0 Å². The number of benzene rings is 2. The standard InChI is InChI=1S/C19H18ClF3O2/c1-11-9-13(19(21,22)23)5-7-15(11)18(3,12(2)24)16-8-6-14(20)10-17(16)25-4/h5-10H,1-4H3/t18-/m0/s1. The summed E-state index contributed by atoms with van der Waals surface area (Å²) in [5.41, 5.74) is -0.486. The van der Waals surface area contributed by atoms with E-state index in [0.29, 0.717) is 27.5 Å². The fourth-order valence-corrected chi connectivity index (χ4v) is 3.17. The lowest BCUT2D eigenvalue weighted by Gasteiger charge is -2.31. The van der Waals surface area contributed by atoms with Gasteiger partial charge in [-0.05, 0) is 56.2 Å². The van der Waals surface area contributed by atoms with E-state index in [1.54, 1.807) is 32.0 Å². The van der Waals surface area contributed by atoms with Gasteiger partial charge in [-0.15, -0.1) is 0 Å². The average Bonchev–Trinajstić information content (AvgIpc) is 2.52. The number of carbonyl (C=O) groups is 1. The first kappa shape index (κ1) is 19.3. The van der Waals surface area contributed by atoms with Crippen LogP contribution in [0.4, 0.5) is 13.2 Å². The van der Waals surface area contributed by atoms with Crippen molar-refractivity contribution in [3.05, 3.63) is 63.7 Å². The lowest BCUT2D eigenvalue weighted by Crippen LogP contribution is -2.33. The quantitative estimate of drug-likeness (QED) is 0.703. The van der Waals surface area contributed by atoms with Crippen LogP contribution in [0.5, 0.6) is 5.75 Å². The highest BCUT2D eigenvalue weighted by molar-refractivity contribution is 6.30. The summed E-state index contributed by atoms with van der Waals surface area (Å²) >= 11 is 5.98. The molecule has 0 aliphatic rings. The third kappa shape index (κ3) is 3.52. The van der Waals surface area contributed by atoms with Crippen molar-refractivity contribution in [2.45, 2.75) is 32.4 Å². The molecule has 0 saturated carbocycles. The molecule has 0 heterocycles. The van der Waals surface area contributed by atoms with E-state index in [-0.39, 0.29) is 5.78 Å². The van der Waals surface area contributed by atoms with Crippen LogP contribution in [-0.2, 0) is 16.4 Å². The number of halogens is 4. The van der Waals surface area contributed by atoms with Crippen LogP contribution in [0.2, 0.25) is 5.02 Å². The van der Waals surface area contributed by atoms with Gasteiger partial charge in [-0.3, -0.25) is 4.79 Å². The highest BCUT2D eigenvalue weighted by Crippen LogP contribution is 2.42. The maximum Gasteiger partial charge on any atom is 0.416 e. The summed E-state index contributed by atoms with van der Waals surface area (Å²) in [5, 5.41) is 0.440. The lowest BCUT2D eigenvalue weighted by atomic mass is 9.71. The Kier molecular flexibility index (Phi) is 5.19. The number of carbonyl (C=O) groups excluding carboxylic acids is 1. The summed E-state index contributed by atoms with van der Waals surface area (Å²) < 4.78 is 44.2. The number of rotatable bonds is 4. The highest BCUT2D eigenvalue weighted by Gasteiger charge is 2.39. The summed E-state index contributed by atoms with van der Waals surface area (Å²) in [4.78, 5) is 12.5. The Labute approximate surface area is 149 Å². The molecule has 2 nitrogen and oxygen atoms in total. The van der Waals surface area contributed by atoms with Crippen LogP contribution in [0.3, 0.4) is 0 Å². The molecular formula is C19H18ClF3O2. The van der Waals surface area contributed by atoms with Gasteiger partial charge >= 0.3 is 6.18 Å². The Hall–Kier alpha value is -2.01. The zero-order valence-electron chi connectivity index (χ0n) is 14.3. The molecule has 1 atom stereocenters. The molecule has 0 radical (unpaired) electrons. The minimum Gasteiger partial charge on any atom is -0.496 e. The number of hydrogen-bond donors (Lipinski definition) is 0. The molecule has 2 aromatic carbocycles. The summed E-state index contributed by atoms with van der Waals surface area (Å²) in [7, 11) is 1.45. The lowest BCUT2D eigenvalue weighted by molar-refractivity contribution is -0.137. The minimum absolute atomic E-state index is 0.212. The summed E-state index contributed by atoms with van der Waals surface area (Å²) in [6.07, 6.45) is -4.44. The van der Waals surface area contributed by atoms with Crippen molar-refractivity contribution in [1.29, 1.82) is 0 Å². The molecule has 0 bridgehead atoms. The number of aryl methyl sites for hydroxylation is 1. The van der Waals surface area contributed by atoms with Crippen LogP contribution < -0.4 is 4.74 Å². The number of ketones is 1. The second-order valence-electron chi connectivity index (χ2n) is 6.05. The molecule has 0 aliphatic carbocycles. The van der Waals surface area contributed by atoms with Crippen LogP contribution >= 0.6 is 11.6 Å². The molecule has 0 saturated heterocycles. The normalized spacial score (nSPS) is 14.1. The van der Waals surface area contributed by atoms with Gasteiger partial charge in [-0.25, -0.2) is 0 Å². The van der Waals surface area contributed by atoms with E-state index in [4.69, 9.17) is 16.3 Å². The van der Waals surface area contributed by atoms with Crippen molar-refractivity contribution in [1.82, 2.24) is 0 Å². The van der Waals surface area contributed by atoms with E-state index in [1.807, 2.05) is 0 Å². The van der Waals surface area contributed by atoms with Gasteiger partial charge in [0.15, 0.2) is 0 Å². The monoisotopic (exact) mass is 370 g/mol. The topological polar surface area (TPSA) is 26.3 Å². The molecule has 0 aliphatic heterocycles. The van der Waals surface area contributed by atoms with Gasteiger partial charge in [0.1, 0.15) is 11.5 Å². The number of hydrogen-bond acceptors (Lipinski definition) is 2. The van der Waals surface area contributed by atoms with Crippen LogP contribution in [0, 0.1) is 6.92 Å². The largest absolute Gasteiger partial charge is 0.496 e. The van der Waals surface area contributed by atoms with Gasteiger partial charge in [0.2, 0.25) is 0 Å². The van der Waals surface area contributed by atoms with E-state index in [2.05, 4.69) is 0 Å². The summed E-state index contributed by atoms with van der Waals surface area (Å²) in [5.74, 6) is 0.195. The van der Waals surface area contributed by atoms with Crippen LogP contribution in [0.15, 0.2) is 36.4 Å². The predicted molar refractivity (Wildman–Crippen MR) is 91.3 cm³/mol. The zero-order valence-corrected chi connectivity index (χ0v) is 15.0. The first-order chi connectivity index (χ1) is 11.5. The Morgan fingerprint density at radius 1 is 1.08 bits per heavy atom. The van der Waals surface area contributed by atoms with Gasteiger partial charge in [-0.2, -0.15) is 13.2 Å². The van der Waals surface area contributed by atoms with Crippen LogP contribution in [-0.4, -0.2) is 12.9 Å². The minimum atomic E-state index is -4.44. The Morgan fingerprint density at radius 3 is 2.16 bits per heavy atom. The molecule has 134 valence electrons. The molecular weight excluding hydrogens is 353 g/mol. The molecule has 2 aromatic rings. The van der Waals surface area contributed by atoms with E-state index >= 15 is 0 Å². The zero-order chi connectivity index (χ0) is 19.0. The fraction of sp³-hybridized carbons (Fsp3) is 0.316. The van der Waals surface area contributed by atoms with Crippen molar-refractivity contribution in [3.8, 4) is 5.75 Å². The molecule has 2 rings (SSSR count). The average molecular weight is 371 g/mol. The third-order valence-corrected chi connectivity index (χ3v) is 4.73. The predicted octanol–water partition coefficient (Wildman–Crippen LogP) is 5.57. The first-order valence-electron chi connectivity index (χ1n) is 7.55. The first-order valence-corrected chi connectivity index (χ1v) is 7.93. The molecule has 0 aromatic heterocycles. The number of ether oxygens (including phenoxy) is 1. The van der Waals surface area contributed by atoms with Gasteiger partial charge in [-0.1, -0.05) is 23.7 Å². The third-order valence-electron chi connectivity index (χ3n) is 4.50. The smallest absolute Gasteiger partial charge is 0.416 e. The van der Waals surface area contributed by atoms with E-state index in [1.165, 1.54) is 20.1 Å². The molecule has 0 unspecified atom stereocenters. The highest BCUT2D eigenvalue weighted by atomic mass is 35.5. The second-order valence-corrected chi connectivity index (χ2v) is 6.49. The van der Waals surface area contributed by atoms with Gasteiger partial charge in [0.05, 0.1) is 18.1 Å². The molecule has 6 heteroatoms. The Balaban J connectivity index is 2.72. The maximum atomic E-state index is 12.9. The number of methoxy groups -OCH3 is 1. The van der Waals surface area contributed by atoms with Gasteiger partial charge < -0.3 is 4.74 Å². The number of alkyl halides is 3. The van der Waals surface area contributed by atoms with Crippen LogP contribution in [0.1, 0.15) is 36.1 Å². The van der Waals surface area contributed by atoms with Crippen molar-refractivity contribution in [2.75, 3.05) is 7.11 Å². The molecule has 0 spiro atoms. The van der Waals surface area contributed by atoms with Crippen molar-refractivity contribution >= 4 is 17.4 Å². The van der Waals surface area contributed by atoms with Crippen molar-refractivity contribution in [2.24, 2.45) is 0 Å². The Morgan fingerprint density at radius 2 is 1.68 bits per heavy atom. The van der Waals surface area contributed by atoms with Crippen molar-refractivity contribution in [3.63, 3.8) is 0 Å². The Bertz CT molecular complexity index is 815. The summed E-state index contributed by atoms with van der Waals surface area (Å²) in [6.45, 7) is 4.65. The maximum absolute atomic E-state index is 12.9. The molecule has 0 amide bonds. The van der Waals surface area contributed by atoms with Crippen molar-refractivity contribution < 1.29 is 22.7 Å². The molecule has 0 fully saturated rings. The molecule has 0 N–H and O–H groups in total. The fourth-order valence-electron chi connectivity index (χ4n) is 3.00. The van der Waals surface area contributed by atoms with E-state index in [0.717, 1.165) is 12.1 Å². The number of Topliss-reactive ketones (excluding diaryl/α,β-unsaturated/α-hetero) is 1. The second kappa shape index (κ2) is 6.71. The van der Waals surface area contributed by atoms with Crippen LogP contribution in [0.25, 0.3) is 0 Å². The SMILES string of the molecule is COc1cc(Cl)ccc1[C@@](C)(C(C)=O)c1ccc(C(F)(F)F)cc1C. The van der Waals surface area contributed by atoms with Gasteiger partial charge in [0, 0.05) is 10.6 Å². The van der Waals surface area contributed by atoms with Gasteiger partial charge in [0.25, 0.3) is 0 Å².